The number of Topliss-reactive ketones (excluding diaryl/α,β-unsaturated/α-hetero) is 1. The van der Waals surface area contributed by atoms with Crippen LogP contribution >= 0.6 is 0 Å². The molecule has 0 amide bonds. The van der Waals surface area contributed by atoms with Gasteiger partial charge in [-0.25, -0.2) is 13.2 Å². The summed E-state index contributed by atoms with van der Waals surface area (Å²) in [5, 5.41) is 0. The van der Waals surface area contributed by atoms with Gasteiger partial charge in [-0.05, 0) is 50.1 Å². The van der Waals surface area contributed by atoms with Crippen molar-refractivity contribution in [3.63, 3.8) is 0 Å². The van der Waals surface area contributed by atoms with Gasteiger partial charge in [0, 0.05) is 18.7 Å². The first-order chi connectivity index (χ1) is 12.4. The zero-order valence-electron chi connectivity index (χ0n) is 14.3. The number of esters is 1. The molecule has 1 saturated heterocycles. The molecule has 0 atom stereocenters. The van der Waals surface area contributed by atoms with Crippen molar-refractivity contribution in [3.05, 3.63) is 59.7 Å². The van der Waals surface area contributed by atoms with Crippen LogP contribution in [0.1, 0.15) is 40.5 Å². The van der Waals surface area contributed by atoms with E-state index in [9.17, 15) is 18.0 Å². The van der Waals surface area contributed by atoms with E-state index >= 15 is 0 Å². The first kappa shape index (κ1) is 18.3. The van der Waals surface area contributed by atoms with Crippen molar-refractivity contribution in [1.29, 1.82) is 0 Å². The summed E-state index contributed by atoms with van der Waals surface area (Å²) >= 11 is 0. The second kappa shape index (κ2) is 7.39. The lowest BCUT2D eigenvalue weighted by Gasteiger charge is -2.15. The van der Waals surface area contributed by atoms with Gasteiger partial charge in [-0.2, -0.15) is 4.31 Å². The molecule has 1 aliphatic rings. The Bertz CT molecular complexity index is 946. The third kappa shape index (κ3) is 3.84. The van der Waals surface area contributed by atoms with Crippen molar-refractivity contribution in [2.45, 2.75) is 24.7 Å². The highest BCUT2D eigenvalue weighted by atomic mass is 32.2. The maximum absolute atomic E-state index is 12.6. The third-order valence-corrected chi connectivity index (χ3v) is 6.12. The van der Waals surface area contributed by atoms with E-state index in [0.717, 1.165) is 12.8 Å². The lowest BCUT2D eigenvalue weighted by molar-refractivity contribution is 0.0733. The molecule has 0 N–H and O–H groups in total. The predicted molar refractivity (Wildman–Crippen MR) is 95.8 cm³/mol. The van der Waals surface area contributed by atoms with Crippen molar-refractivity contribution < 1.29 is 22.7 Å². The molecule has 7 heteroatoms. The molecule has 1 fully saturated rings. The molecule has 2 aromatic carbocycles. The Morgan fingerprint density at radius 1 is 0.962 bits per heavy atom. The van der Waals surface area contributed by atoms with Crippen LogP contribution < -0.4 is 4.74 Å². The fourth-order valence-corrected chi connectivity index (χ4v) is 4.37. The smallest absolute Gasteiger partial charge is 0.343 e. The van der Waals surface area contributed by atoms with Crippen LogP contribution in [0.15, 0.2) is 53.4 Å². The van der Waals surface area contributed by atoms with Crippen LogP contribution in [0, 0.1) is 0 Å². The quantitative estimate of drug-likeness (QED) is 0.457. The fourth-order valence-electron chi connectivity index (χ4n) is 2.81. The van der Waals surface area contributed by atoms with Crippen LogP contribution in [0.4, 0.5) is 0 Å². The number of carbonyl (C=O) groups excluding carboxylic acids is 2. The molecule has 1 aliphatic heterocycles. The van der Waals surface area contributed by atoms with E-state index in [-0.39, 0.29) is 22.0 Å². The Morgan fingerprint density at radius 2 is 1.62 bits per heavy atom. The summed E-state index contributed by atoms with van der Waals surface area (Å²) in [5.41, 5.74) is 0.569. The minimum Gasteiger partial charge on any atom is -0.423 e. The Hall–Kier alpha value is -2.51. The van der Waals surface area contributed by atoms with Gasteiger partial charge in [0.1, 0.15) is 5.75 Å². The van der Waals surface area contributed by atoms with E-state index < -0.39 is 16.0 Å². The van der Waals surface area contributed by atoms with Gasteiger partial charge in [-0.3, -0.25) is 4.79 Å². The minimum absolute atomic E-state index is 0.0753. The number of hydrogen-bond donors (Lipinski definition) is 0. The van der Waals surface area contributed by atoms with Gasteiger partial charge in [0.05, 0.1) is 10.5 Å². The van der Waals surface area contributed by atoms with Gasteiger partial charge in [0.15, 0.2) is 5.78 Å². The molecule has 0 aliphatic carbocycles. The lowest BCUT2D eigenvalue weighted by Crippen LogP contribution is -2.28. The van der Waals surface area contributed by atoms with Crippen LogP contribution in [0.25, 0.3) is 0 Å². The second-order valence-electron chi connectivity index (χ2n) is 6.11. The molecule has 3 rings (SSSR count). The number of nitrogens with zero attached hydrogens (tertiary/aromatic N) is 1. The van der Waals surface area contributed by atoms with Gasteiger partial charge >= 0.3 is 5.97 Å². The summed E-state index contributed by atoms with van der Waals surface area (Å²) in [4.78, 5) is 23.9. The molecule has 0 saturated carbocycles. The SMILES string of the molecule is CC(=O)c1cccc(OC(=O)c2cccc(S(=O)(=O)N3CCCC3)c2)c1. The predicted octanol–water partition coefficient (Wildman–Crippen LogP) is 2.89. The van der Waals surface area contributed by atoms with Crippen LogP contribution in [0.2, 0.25) is 0 Å². The van der Waals surface area contributed by atoms with Crippen molar-refractivity contribution in [1.82, 2.24) is 4.31 Å². The number of carbonyl (C=O) groups is 2. The Labute approximate surface area is 152 Å². The van der Waals surface area contributed by atoms with Crippen LogP contribution in [-0.2, 0) is 10.0 Å². The minimum atomic E-state index is -3.60. The van der Waals surface area contributed by atoms with E-state index in [1.54, 1.807) is 18.2 Å². The van der Waals surface area contributed by atoms with Crippen LogP contribution in [0.3, 0.4) is 0 Å². The normalized spacial score (nSPS) is 15.0. The molecule has 0 bridgehead atoms. The molecule has 0 unspecified atom stereocenters. The standard InChI is InChI=1S/C19H19NO5S/c1-14(21)15-6-4-8-17(12-15)25-19(22)16-7-5-9-18(13-16)26(23,24)20-10-2-3-11-20/h4-9,12-13H,2-3,10-11H2,1H3. The fraction of sp³-hybridized carbons (Fsp3) is 0.263. The second-order valence-corrected chi connectivity index (χ2v) is 8.05. The zero-order chi connectivity index (χ0) is 18.7. The molecular formula is C19H19NO5S. The van der Waals surface area contributed by atoms with Gasteiger partial charge in [-0.1, -0.05) is 18.2 Å². The highest BCUT2D eigenvalue weighted by molar-refractivity contribution is 7.89. The highest BCUT2D eigenvalue weighted by Crippen LogP contribution is 2.22. The first-order valence-electron chi connectivity index (χ1n) is 8.31. The topological polar surface area (TPSA) is 80.8 Å². The van der Waals surface area contributed by atoms with Gasteiger partial charge in [0.25, 0.3) is 0 Å². The largest absolute Gasteiger partial charge is 0.423 e. The number of ketones is 1. The van der Waals surface area contributed by atoms with Crippen molar-refractivity contribution >= 4 is 21.8 Å². The Morgan fingerprint density at radius 3 is 2.31 bits per heavy atom. The van der Waals surface area contributed by atoms with E-state index in [1.807, 2.05) is 0 Å². The van der Waals surface area contributed by atoms with Crippen LogP contribution in [0.5, 0.6) is 5.75 Å². The Balaban J connectivity index is 1.82. The van der Waals surface area contributed by atoms with E-state index in [1.165, 1.54) is 41.6 Å². The summed E-state index contributed by atoms with van der Waals surface area (Å²) in [6.07, 6.45) is 1.68. The summed E-state index contributed by atoms with van der Waals surface area (Å²) in [7, 11) is -3.60. The van der Waals surface area contributed by atoms with E-state index in [0.29, 0.717) is 18.7 Å². The number of rotatable bonds is 5. The van der Waals surface area contributed by atoms with Gasteiger partial charge < -0.3 is 4.74 Å². The number of hydrogen-bond acceptors (Lipinski definition) is 5. The monoisotopic (exact) mass is 373 g/mol. The molecule has 0 aromatic heterocycles. The van der Waals surface area contributed by atoms with E-state index in [4.69, 9.17) is 4.74 Å². The molecule has 26 heavy (non-hydrogen) atoms. The van der Waals surface area contributed by atoms with Gasteiger partial charge in [-0.15, -0.1) is 0 Å². The van der Waals surface area contributed by atoms with Gasteiger partial charge in [0.2, 0.25) is 10.0 Å². The number of benzene rings is 2. The Kier molecular flexibility index (Phi) is 5.20. The zero-order valence-corrected chi connectivity index (χ0v) is 15.2. The molecule has 2 aromatic rings. The van der Waals surface area contributed by atoms with Crippen molar-refractivity contribution in [2.75, 3.05) is 13.1 Å². The number of sulfonamides is 1. The lowest BCUT2D eigenvalue weighted by atomic mass is 10.1. The average molecular weight is 373 g/mol. The number of ether oxygens (including phenoxy) is 1. The molecular weight excluding hydrogens is 354 g/mol. The molecule has 136 valence electrons. The molecule has 1 heterocycles. The maximum atomic E-state index is 12.6. The average Bonchev–Trinajstić information content (AvgIpc) is 3.17. The van der Waals surface area contributed by atoms with Crippen molar-refractivity contribution in [3.8, 4) is 5.75 Å². The summed E-state index contributed by atoms with van der Waals surface area (Å²) in [6.45, 7) is 2.41. The van der Waals surface area contributed by atoms with Crippen molar-refractivity contribution in [2.24, 2.45) is 0 Å². The summed E-state index contributed by atoms with van der Waals surface area (Å²) in [5.74, 6) is -0.582. The highest BCUT2D eigenvalue weighted by Gasteiger charge is 2.27. The molecule has 0 spiro atoms. The maximum Gasteiger partial charge on any atom is 0.343 e. The summed E-state index contributed by atoms with van der Waals surface area (Å²) in [6, 6.07) is 12.1. The molecule has 6 nitrogen and oxygen atoms in total. The molecule has 0 radical (unpaired) electrons. The third-order valence-electron chi connectivity index (χ3n) is 4.22. The van der Waals surface area contributed by atoms with E-state index in [2.05, 4.69) is 0 Å². The van der Waals surface area contributed by atoms with Crippen LogP contribution in [-0.4, -0.2) is 37.6 Å². The summed E-state index contributed by atoms with van der Waals surface area (Å²) < 4.78 is 32.0. The first-order valence-corrected chi connectivity index (χ1v) is 9.75.